The molecule has 8 heteroatoms. The number of ether oxygens (including phenoxy) is 1. The Hall–Kier alpha value is -2.45. The Morgan fingerprint density at radius 3 is 3.11 bits per heavy atom. The third kappa shape index (κ3) is 2.55. The number of aliphatic hydroxyl groups excluding tert-OH is 1. The maximum absolute atomic E-state index is 13.2. The van der Waals surface area contributed by atoms with Crippen LogP contribution in [0.4, 0.5) is 0 Å². The molecule has 2 N–H and O–H groups in total. The Kier molecular flexibility index (Phi) is 3.91. The smallest absolute Gasteiger partial charge is 0.274 e. The van der Waals surface area contributed by atoms with Crippen molar-refractivity contribution in [3.05, 3.63) is 51.2 Å². The molecule has 3 aliphatic rings. The molecule has 142 valence electrons. The first kappa shape index (κ1) is 16.7. The summed E-state index contributed by atoms with van der Waals surface area (Å²) in [7, 11) is 0. The molecule has 5 heterocycles. The highest BCUT2D eigenvalue weighted by atomic mass is 16.5. The second-order valence-electron chi connectivity index (χ2n) is 7.64. The van der Waals surface area contributed by atoms with Gasteiger partial charge < -0.3 is 19.3 Å². The lowest BCUT2D eigenvalue weighted by molar-refractivity contribution is 0.0427. The van der Waals surface area contributed by atoms with Crippen molar-refractivity contribution in [2.45, 2.75) is 31.4 Å². The van der Waals surface area contributed by atoms with E-state index in [0.717, 1.165) is 29.8 Å². The van der Waals surface area contributed by atoms with Crippen LogP contribution in [0.25, 0.3) is 0 Å². The standard InChI is InChI=1S/C19H22N4O4/c24-9-16-12-6-11(15-2-1-3-17(25)23(15)16)7-22(8-12)19(26)18-13-10-27-5-4-14(13)20-21-18/h1-3,11-12,16,24H,4-10H2,(H,20,21)/t11-,12+,16+/m1/s1. The number of amides is 1. The number of aromatic amines is 1. The van der Waals surface area contributed by atoms with Gasteiger partial charge in [0.1, 0.15) is 0 Å². The third-order valence-electron chi connectivity index (χ3n) is 6.17. The molecule has 0 spiro atoms. The molecular weight excluding hydrogens is 348 g/mol. The van der Waals surface area contributed by atoms with Crippen LogP contribution in [-0.4, -0.2) is 57.0 Å². The van der Waals surface area contributed by atoms with E-state index in [4.69, 9.17) is 4.74 Å². The lowest BCUT2D eigenvalue weighted by atomic mass is 9.78. The SMILES string of the molecule is O=C(c1n[nH]c2c1COCC2)N1C[C@H]2C[C@@H](C1)[C@H](CO)n1c2cccc1=O. The number of nitrogens with zero attached hydrogens (tertiary/aromatic N) is 3. The lowest BCUT2D eigenvalue weighted by Gasteiger charge is -2.46. The molecule has 1 saturated heterocycles. The van der Waals surface area contributed by atoms with Crippen molar-refractivity contribution in [2.24, 2.45) is 5.92 Å². The number of nitrogens with one attached hydrogen (secondary N) is 1. The number of aliphatic hydroxyl groups is 1. The number of hydrogen-bond acceptors (Lipinski definition) is 5. The summed E-state index contributed by atoms with van der Waals surface area (Å²) in [6.07, 6.45) is 1.62. The molecule has 0 saturated carbocycles. The van der Waals surface area contributed by atoms with Gasteiger partial charge in [-0.15, -0.1) is 0 Å². The number of hydrogen-bond donors (Lipinski definition) is 2. The fraction of sp³-hybridized carbons (Fsp3) is 0.526. The van der Waals surface area contributed by atoms with E-state index in [2.05, 4.69) is 10.2 Å². The van der Waals surface area contributed by atoms with Crippen LogP contribution in [0.1, 0.15) is 45.8 Å². The van der Waals surface area contributed by atoms with Crippen molar-refractivity contribution in [1.29, 1.82) is 0 Å². The minimum absolute atomic E-state index is 0.0521. The summed E-state index contributed by atoms with van der Waals surface area (Å²) in [5, 5.41) is 17.2. The number of aromatic nitrogens is 3. The van der Waals surface area contributed by atoms with Gasteiger partial charge in [0.25, 0.3) is 11.5 Å². The van der Waals surface area contributed by atoms with E-state index in [1.54, 1.807) is 10.6 Å². The van der Waals surface area contributed by atoms with Crippen molar-refractivity contribution >= 4 is 5.91 Å². The number of fused-ring (bicyclic) bond motifs is 5. The van der Waals surface area contributed by atoms with Crippen molar-refractivity contribution in [3.8, 4) is 0 Å². The highest BCUT2D eigenvalue weighted by Crippen LogP contribution is 2.41. The zero-order valence-corrected chi connectivity index (χ0v) is 14.9. The van der Waals surface area contributed by atoms with E-state index >= 15 is 0 Å². The first-order chi connectivity index (χ1) is 13.2. The molecule has 0 aromatic carbocycles. The molecule has 2 bridgehead atoms. The van der Waals surface area contributed by atoms with Gasteiger partial charge in [0.2, 0.25) is 0 Å². The number of piperidine rings is 1. The van der Waals surface area contributed by atoms with Gasteiger partial charge in [-0.1, -0.05) is 6.07 Å². The largest absolute Gasteiger partial charge is 0.394 e. The van der Waals surface area contributed by atoms with Crippen LogP contribution in [0.15, 0.2) is 23.0 Å². The maximum Gasteiger partial charge on any atom is 0.274 e. The fourth-order valence-corrected chi connectivity index (χ4v) is 4.88. The molecule has 2 aromatic rings. The van der Waals surface area contributed by atoms with Gasteiger partial charge in [0.15, 0.2) is 5.69 Å². The van der Waals surface area contributed by atoms with Crippen molar-refractivity contribution in [3.63, 3.8) is 0 Å². The minimum atomic E-state index is -0.294. The molecule has 2 aromatic heterocycles. The predicted molar refractivity (Wildman–Crippen MR) is 95.5 cm³/mol. The summed E-state index contributed by atoms with van der Waals surface area (Å²) in [4.78, 5) is 27.4. The summed E-state index contributed by atoms with van der Waals surface area (Å²) in [5.41, 5.74) is 3.10. The Bertz CT molecular complexity index is 949. The molecule has 0 unspecified atom stereocenters. The number of likely N-dealkylation sites (tertiary alicyclic amines) is 1. The van der Waals surface area contributed by atoms with E-state index in [1.165, 1.54) is 6.07 Å². The average molecular weight is 370 g/mol. The van der Waals surface area contributed by atoms with E-state index in [9.17, 15) is 14.7 Å². The Morgan fingerprint density at radius 2 is 2.26 bits per heavy atom. The van der Waals surface area contributed by atoms with Crippen LogP contribution >= 0.6 is 0 Å². The average Bonchev–Trinajstić information content (AvgIpc) is 3.12. The monoisotopic (exact) mass is 370 g/mol. The molecular formula is C19H22N4O4. The maximum atomic E-state index is 13.2. The number of pyridine rings is 1. The first-order valence-electron chi connectivity index (χ1n) is 9.42. The Balaban J connectivity index is 1.49. The molecule has 27 heavy (non-hydrogen) atoms. The van der Waals surface area contributed by atoms with Gasteiger partial charge in [-0.3, -0.25) is 14.7 Å². The number of H-pyrrole nitrogens is 1. The predicted octanol–water partition coefficient (Wildman–Crippen LogP) is 0.437. The second kappa shape index (κ2) is 6.31. The van der Waals surface area contributed by atoms with Crippen LogP contribution in [-0.2, 0) is 17.8 Å². The Morgan fingerprint density at radius 1 is 1.37 bits per heavy atom. The second-order valence-corrected chi connectivity index (χ2v) is 7.64. The van der Waals surface area contributed by atoms with Crippen LogP contribution in [0.3, 0.4) is 0 Å². The topological polar surface area (TPSA) is 100 Å². The van der Waals surface area contributed by atoms with Crippen molar-refractivity contribution in [2.75, 3.05) is 26.3 Å². The lowest BCUT2D eigenvalue weighted by Crippen LogP contribution is -2.52. The quantitative estimate of drug-likeness (QED) is 0.799. The van der Waals surface area contributed by atoms with Crippen molar-refractivity contribution in [1.82, 2.24) is 19.7 Å². The molecule has 5 rings (SSSR count). The number of rotatable bonds is 2. The van der Waals surface area contributed by atoms with E-state index < -0.39 is 0 Å². The Labute approximate surface area is 155 Å². The van der Waals surface area contributed by atoms with E-state index in [0.29, 0.717) is 32.0 Å². The summed E-state index contributed by atoms with van der Waals surface area (Å²) in [6.45, 7) is 2.01. The third-order valence-corrected chi connectivity index (χ3v) is 6.17. The highest BCUT2D eigenvalue weighted by Gasteiger charge is 2.42. The van der Waals surface area contributed by atoms with Crippen LogP contribution < -0.4 is 5.56 Å². The van der Waals surface area contributed by atoms with E-state index in [1.807, 2.05) is 11.0 Å². The summed E-state index contributed by atoms with van der Waals surface area (Å²) in [5.74, 6) is 0.0443. The van der Waals surface area contributed by atoms with Crippen LogP contribution in [0.2, 0.25) is 0 Å². The van der Waals surface area contributed by atoms with Crippen LogP contribution in [0.5, 0.6) is 0 Å². The minimum Gasteiger partial charge on any atom is -0.394 e. The molecule has 8 nitrogen and oxygen atoms in total. The summed E-state index contributed by atoms with van der Waals surface area (Å²) in [6, 6.07) is 4.93. The molecule has 1 fully saturated rings. The van der Waals surface area contributed by atoms with Gasteiger partial charge >= 0.3 is 0 Å². The van der Waals surface area contributed by atoms with Crippen LogP contribution in [0, 0.1) is 5.92 Å². The summed E-state index contributed by atoms with van der Waals surface area (Å²) < 4.78 is 7.23. The van der Waals surface area contributed by atoms with Gasteiger partial charge in [-0.05, 0) is 12.5 Å². The fourth-order valence-electron chi connectivity index (χ4n) is 4.88. The number of carbonyl (C=O) groups excluding carboxylic acids is 1. The molecule has 3 atom stereocenters. The van der Waals surface area contributed by atoms with Crippen molar-refractivity contribution < 1.29 is 14.6 Å². The van der Waals surface area contributed by atoms with Gasteiger partial charge in [-0.2, -0.15) is 5.10 Å². The zero-order chi connectivity index (χ0) is 18.5. The molecule has 1 amide bonds. The molecule has 0 aliphatic carbocycles. The normalized spacial score (nSPS) is 26.4. The van der Waals surface area contributed by atoms with Gasteiger partial charge in [0.05, 0.1) is 25.9 Å². The first-order valence-corrected chi connectivity index (χ1v) is 9.42. The highest BCUT2D eigenvalue weighted by molar-refractivity contribution is 5.94. The number of carbonyl (C=O) groups is 1. The van der Waals surface area contributed by atoms with Gasteiger partial charge in [0, 0.05) is 54.4 Å². The van der Waals surface area contributed by atoms with Gasteiger partial charge in [-0.25, -0.2) is 0 Å². The molecule has 0 radical (unpaired) electrons. The molecule has 3 aliphatic heterocycles. The summed E-state index contributed by atoms with van der Waals surface area (Å²) >= 11 is 0. The zero-order valence-electron chi connectivity index (χ0n) is 14.9. The van der Waals surface area contributed by atoms with E-state index in [-0.39, 0.29) is 36.0 Å².